The highest BCUT2D eigenvalue weighted by atomic mass is 14.7. The van der Waals surface area contributed by atoms with Crippen molar-refractivity contribution in [1.29, 1.82) is 0 Å². The van der Waals surface area contributed by atoms with Crippen molar-refractivity contribution in [3.8, 4) is 0 Å². The average molecular weight is 269 g/mol. The zero-order valence-corrected chi connectivity index (χ0v) is 12.6. The highest BCUT2D eigenvalue weighted by molar-refractivity contribution is 5.32. The summed E-state index contributed by atoms with van der Waals surface area (Å²) in [6.07, 6.45) is 9.42. The fourth-order valence-electron chi connectivity index (χ4n) is 5.73. The Labute approximate surface area is 122 Å². The van der Waals surface area contributed by atoms with Crippen molar-refractivity contribution in [1.82, 2.24) is 0 Å². The molecule has 1 nitrogen and oxygen atoms in total. The number of nitrogens with two attached hydrogens (primary N) is 1. The van der Waals surface area contributed by atoms with Gasteiger partial charge in [0, 0.05) is 6.04 Å². The maximum absolute atomic E-state index is 6.47. The maximum atomic E-state index is 6.47. The van der Waals surface area contributed by atoms with Gasteiger partial charge in [0.25, 0.3) is 0 Å². The lowest BCUT2D eigenvalue weighted by molar-refractivity contribution is -0.0226. The van der Waals surface area contributed by atoms with E-state index in [0.29, 0.717) is 11.5 Å². The van der Waals surface area contributed by atoms with Gasteiger partial charge < -0.3 is 5.73 Å². The van der Waals surface area contributed by atoms with Gasteiger partial charge in [-0.2, -0.15) is 0 Å². The van der Waals surface area contributed by atoms with E-state index >= 15 is 0 Å². The van der Waals surface area contributed by atoms with Gasteiger partial charge >= 0.3 is 0 Å². The molecule has 0 heterocycles. The van der Waals surface area contributed by atoms with Crippen LogP contribution in [0.4, 0.5) is 0 Å². The Morgan fingerprint density at radius 2 is 1.70 bits per heavy atom. The third-order valence-electron chi connectivity index (χ3n) is 6.45. The fraction of sp³-hybridized carbons (Fsp3) is 0.684. The number of aryl methyl sites for hydroxylation is 1. The van der Waals surface area contributed by atoms with Crippen molar-refractivity contribution in [3.05, 3.63) is 35.4 Å². The lowest BCUT2D eigenvalue weighted by Gasteiger charge is -2.59. The Kier molecular flexibility index (Phi) is 2.96. The summed E-state index contributed by atoms with van der Waals surface area (Å²) >= 11 is 0. The molecular formula is C19H27N. The second-order valence-corrected chi connectivity index (χ2v) is 7.77. The second kappa shape index (κ2) is 4.59. The van der Waals surface area contributed by atoms with Crippen molar-refractivity contribution < 1.29 is 0 Å². The van der Waals surface area contributed by atoms with Crippen LogP contribution in [-0.4, -0.2) is 6.04 Å². The molecule has 0 amide bonds. The van der Waals surface area contributed by atoms with Gasteiger partial charge in [0.2, 0.25) is 0 Å². The molecule has 5 rings (SSSR count). The topological polar surface area (TPSA) is 26.0 Å². The molecule has 2 atom stereocenters. The van der Waals surface area contributed by atoms with E-state index < -0.39 is 0 Å². The molecule has 4 saturated carbocycles. The van der Waals surface area contributed by atoms with Crippen LogP contribution in [0.2, 0.25) is 0 Å². The van der Waals surface area contributed by atoms with Crippen LogP contribution in [0.3, 0.4) is 0 Å². The van der Waals surface area contributed by atoms with Crippen LogP contribution in [0.25, 0.3) is 0 Å². The zero-order chi connectivity index (χ0) is 13.7. The third kappa shape index (κ3) is 1.86. The molecule has 0 aromatic heterocycles. The maximum Gasteiger partial charge on any atom is 0.00964 e. The molecule has 0 spiro atoms. The molecule has 0 radical (unpaired) electrons. The van der Waals surface area contributed by atoms with E-state index in [1.807, 2.05) is 0 Å². The van der Waals surface area contributed by atoms with Gasteiger partial charge in [-0.15, -0.1) is 0 Å². The zero-order valence-electron chi connectivity index (χ0n) is 12.6. The normalized spacial score (nSPS) is 42.1. The first kappa shape index (κ1) is 12.9. The van der Waals surface area contributed by atoms with E-state index in [2.05, 4.69) is 31.2 Å². The van der Waals surface area contributed by atoms with Gasteiger partial charge in [0.05, 0.1) is 0 Å². The largest absolute Gasteiger partial charge is 0.327 e. The summed E-state index contributed by atoms with van der Waals surface area (Å²) in [5.41, 5.74) is 10.1. The first-order valence-corrected chi connectivity index (χ1v) is 8.55. The van der Waals surface area contributed by atoms with E-state index in [1.165, 1.54) is 50.5 Å². The van der Waals surface area contributed by atoms with Crippen LogP contribution in [-0.2, 0) is 11.8 Å². The molecule has 2 unspecified atom stereocenters. The van der Waals surface area contributed by atoms with E-state index in [4.69, 9.17) is 5.73 Å². The van der Waals surface area contributed by atoms with Crippen LogP contribution < -0.4 is 5.73 Å². The quantitative estimate of drug-likeness (QED) is 0.880. The standard InChI is InChI=1S/C19H27N/c1-2-3-13-4-6-17(7-5-13)19-10-14-8-15(11-19)18(20)16(9-14)12-19/h4-7,14-16,18H,2-3,8-12,20H2,1H3. The summed E-state index contributed by atoms with van der Waals surface area (Å²) in [6.45, 7) is 2.26. The molecule has 1 aromatic carbocycles. The van der Waals surface area contributed by atoms with Gasteiger partial charge in [-0.05, 0) is 72.8 Å². The van der Waals surface area contributed by atoms with Crippen molar-refractivity contribution in [2.24, 2.45) is 23.5 Å². The molecule has 108 valence electrons. The Morgan fingerprint density at radius 1 is 1.05 bits per heavy atom. The molecule has 4 aliphatic rings. The summed E-state index contributed by atoms with van der Waals surface area (Å²) in [5.74, 6) is 2.57. The van der Waals surface area contributed by atoms with Gasteiger partial charge in [-0.1, -0.05) is 37.6 Å². The Morgan fingerprint density at radius 3 is 2.30 bits per heavy atom. The molecule has 0 saturated heterocycles. The molecule has 2 N–H and O–H groups in total. The van der Waals surface area contributed by atoms with E-state index in [9.17, 15) is 0 Å². The highest BCUT2D eigenvalue weighted by Crippen LogP contribution is 2.60. The molecule has 1 aromatic rings. The van der Waals surface area contributed by atoms with Crippen LogP contribution in [0.1, 0.15) is 56.6 Å². The minimum atomic E-state index is 0.483. The third-order valence-corrected chi connectivity index (χ3v) is 6.45. The monoisotopic (exact) mass is 269 g/mol. The second-order valence-electron chi connectivity index (χ2n) is 7.77. The number of hydrogen-bond acceptors (Lipinski definition) is 1. The number of rotatable bonds is 3. The van der Waals surface area contributed by atoms with Crippen molar-refractivity contribution >= 4 is 0 Å². The van der Waals surface area contributed by atoms with Crippen molar-refractivity contribution in [3.63, 3.8) is 0 Å². The molecule has 4 aliphatic carbocycles. The molecule has 4 bridgehead atoms. The number of benzene rings is 1. The molecule has 4 fully saturated rings. The van der Waals surface area contributed by atoms with Crippen LogP contribution in [0, 0.1) is 17.8 Å². The van der Waals surface area contributed by atoms with Gasteiger partial charge in [0.1, 0.15) is 0 Å². The first-order valence-electron chi connectivity index (χ1n) is 8.55. The lowest BCUT2D eigenvalue weighted by atomic mass is 9.46. The Hall–Kier alpha value is -0.820. The summed E-state index contributed by atoms with van der Waals surface area (Å²) in [6, 6.07) is 10.1. The molecule has 1 heteroatoms. The Balaban J connectivity index is 1.64. The van der Waals surface area contributed by atoms with Gasteiger partial charge in [0.15, 0.2) is 0 Å². The number of hydrogen-bond donors (Lipinski definition) is 1. The summed E-state index contributed by atoms with van der Waals surface area (Å²) < 4.78 is 0. The van der Waals surface area contributed by atoms with Crippen LogP contribution >= 0.6 is 0 Å². The van der Waals surface area contributed by atoms with Crippen molar-refractivity contribution in [2.45, 2.75) is 63.3 Å². The SMILES string of the molecule is CCCc1ccc(C23CC4CC(C2)C(N)C(C4)C3)cc1. The highest BCUT2D eigenvalue weighted by Gasteiger charge is 2.54. The Bertz CT molecular complexity index is 473. The predicted octanol–water partition coefficient (Wildman–Crippen LogP) is 4.04. The predicted molar refractivity (Wildman–Crippen MR) is 83.6 cm³/mol. The minimum Gasteiger partial charge on any atom is -0.327 e. The van der Waals surface area contributed by atoms with Crippen LogP contribution in [0.15, 0.2) is 24.3 Å². The van der Waals surface area contributed by atoms with E-state index in [1.54, 1.807) is 5.56 Å². The molecule has 0 aliphatic heterocycles. The van der Waals surface area contributed by atoms with Gasteiger partial charge in [-0.25, -0.2) is 0 Å². The lowest BCUT2D eigenvalue weighted by Crippen LogP contribution is -2.58. The van der Waals surface area contributed by atoms with E-state index in [-0.39, 0.29) is 0 Å². The molecule has 20 heavy (non-hydrogen) atoms. The average Bonchev–Trinajstić information content (AvgIpc) is 2.45. The first-order chi connectivity index (χ1) is 9.70. The summed E-state index contributed by atoms with van der Waals surface area (Å²) in [4.78, 5) is 0. The van der Waals surface area contributed by atoms with Crippen LogP contribution in [0.5, 0.6) is 0 Å². The fourth-order valence-corrected chi connectivity index (χ4v) is 5.73. The summed E-state index contributed by atoms with van der Waals surface area (Å²) in [7, 11) is 0. The minimum absolute atomic E-state index is 0.483. The van der Waals surface area contributed by atoms with E-state index in [0.717, 1.165) is 17.8 Å². The van der Waals surface area contributed by atoms with Crippen molar-refractivity contribution in [2.75, 3.05) is 0 Å². The summed E-state index contributed by atoms with van der Waals surface area (Å²) in [5, 5.41) is 0. The van der Waals surface area contributed by atoms with Gasteiger partial charge in [-0.3, -0.25) is 0 Å². The smallest absolute Gasteiger partial charge is 0.00964 e. The molecular weight excluding hydrogens is 242 g/mol.